The number of rotatable bonds is 5. The summed E-state index contributed by atoms with van der Waals surface area (Å²) in [4.78, 5) is 14.5. The lowest BCUT2D eigenvalue weighted by Gasteiger charge is -2.11. The number of amides is 1. The van der Waals surface area contributed by atoms with E-state index >= 15 is 0 Å². The van der Waals surface area contributed by atoms with Crippen molar-refractivity contribution >= 4 is 15.9 Å². The number of aromatic nitrogens is 1. The number of hydrogen-bond acceptors (Lipinski definition) is 3. The molecule has 0 bridgehead atoms. The number of nitrogens with zero attached hydrogens (tertiary/aromatic N) is 1. The molecular formula is C20H20FN3O3S. The van der Waals surface area contributed by atoms with Crippen LogP contribution >= 0.6 is 0 Å². The van der Waals surface area contributed by atoms with Crippen LogP contribution in [-0.4, -0.2) is 18.9 Å². The molecule has 0 saturated carbocycles. The van der Waals surface area contributed by atoms with E-state index in [0.717, 1.165) is 29.6 Å². The van der Waals surface area contributed by atoms with Gasteiger partial charge in [-0.2, -0.15) is 0 Å². The predicted octanol–water partition coefficient (Wildman–Crippen LogP) is 3.16. The lowest BCUT2D eigenvalue weighted by atomic mass is 10.2. The summed E-state index contributed by atoms with van der Waals surface area (Å²) in [7, 11) is -4.03. The van der Waals surface area contributed by atoms with Gasteiger partial charge in [0.05, 0.1) is 10.5 Å². The van der Waals surface area contributed by atoms with Crippen LogP contribution in [0.5, 0.6) is 0 Å². The number of hydrazine groups is 1. The van der Waals surface area contributed by atoms with Crippen LogP contribution in [-0.2, 0) is 10.0 Å². The zero-order chi connectivity index (χ0) is 20.5. The molecule has 6 nitrogen and oxygen atoms in total. The average molecular weight is 401 g/mol. The smallest absolute Gasteiger partial charge is 0.268 e. The van der Waals surface area contributed by atoms with Crippen molar-refractivity contribution in [3.8, 4) is 5.69 Å². The Bertz CT molecular complexity index is 1140. The van der Waals surface area contributed by atoms with E-state index < -0.39 is 21.7 Å². The van der Waals surface area contributed by atoms with Gasteiger partial charge in [-0.25, -0.2) is 12.8 Å². The van der Waals surface area contributed by atoms with Crippen molar-refractivity contribution in [1.29, 1.82) is 0 Å². The number of sulfonamides is 1. The van der Waals surface area contributed by atoms with Gasteiger partial charge >= 0.3 is 0 Å². The van der Waals surface area contributed by atoms with Crippen LogP contribution in [0.3, 0.4) is 0 Å². The fourth-order valence-corrected chi connectivity index (χ4v) is 4.18. The molecule has 0 fully saturated rings. The maximum atomic E-state index is 13.2. The SMILES string of the molecule is Cc1cc(F)ccc1S(=O)(=O)NNC(=O)c1cc(C)n(-c2ccccc2)c1C. The normalized spacial score (nSPS) is 11.4. The maximum Gasteiger partial charge on any atom is 0.268 e. The zero-order valence-electron chi connectivity index (χ0n) is 15.7. The number of hydrogen-bond donors (Lipinski definition) is 2. The molecule has 0 spiro atoms. The van der Waals surface area contributed by atoms with Crippen molar-refractivity contribution in [3.63, 3.8) is 0 Å². The highest BCUT2D eigenvalue weighted by Crippen LogP contribution is 2.21. The summed E-state index contributed by atoms with van der Waals surface area (Å²) in [6, 6.07) is 14.5. The number of nitrogens with one attached hydrogen (secondary N) is 2. The topological polar surface area (TPSA) is 80.2 Å². The largest absolute Gasteiger partial charge is 0.318 e. The molecule has 0 aliphatic heterocycles. The number of para-hydroxylation sites is 1. The molecule has 1 heterocycles. The van der Waals surface area contributed by atoms with E-state index in [2.05, 4.69) is 10.3 Å². The van der Waals surface area contributed by atoms with E-state index in [1.165, 1.54) is 6.92 Å². The van der Waals surface area contributed by atoms with Crippen LogP contribution in [0.4, 0.5) is 4.39 Å². The number of halogens is 1. The molecule has 8 heteroatoms. The molecule has 146 valence electrons. The number of aryl methyl sites for hydroxylation is 2. The van der Waals surface area contributed by atoms with Gasteiger partial charge in [0.25, 0.3) is 15.9 Å². The van der Waals surface area contributed by atoms with E-state index in [0.29, 0.717) is 11.3 Å². The van der Waals surface area contributed by atoms with Gasteiger partial charge in [0, 0.05) is 17.1 Å². The second-order valence-electron chi connectivity index (χ2n) is 6.43. The molecule has 0 saturated heterocycles. The van der Waals surface area contributed by atoms with E-state index in [9.17, 15) is 17.6 Å². The minimum atomic E-state index is -4.03. The van der Waals surface area contributed by atoms with E-state index in [1.807, 2.05) is 41.8 Å². The fraction of sp³-hybridized carbons (Fsp3) is 0.150. The molecule has 0 aliphatic rings. The summed E-state index contributed by atoms with van der Waals surface area (Å²) in [6.45, 7) is 5.13. The quantitative estimate of drug-likeness (QED) is 0.645. The van der Waals surface area contributed by atoms with Crippen LogP contribution < -0.4 is 10.3 Å². The van der Waals surface area contributed by atoms with Crippen molar-refractivity contribution in [1.82, 2.24) is 14.8 Å². The highest BCUT2D eigenvalue weighted by molar-refractivity contribution is 7.89. The Kier molecular flexibility index (Phi) is 5.35. The van der Waals surface area contributed by atoms with Crippen molar-refractivity contribution in [2.45, 2.75) is 25.7 Å². The first-order chi connectivity index (χ1) is 13.2. The third-order valence-electron chi connectivity index (χ3n) is 4.42. The van der Waals surface area contributed by atoms with Crippen molar-refractivity contribution < 1.29 is 17.6 Å². The van der Waals surface area contributed by atoms with Gasteiger partial charge in [-0.15, -0.1) is 4.83 Å². The van der Waals surface area contributed by atoms with Gasteiger partial charge in [0.2, 0.25) is 0 Å². The Labute approximate surface area is 163 Å². The Morgan fingerprint density at radius 3 is 2.32 bits per heavy atom. The molecule has 1 aromatic heterocycles. The standard InChI is InChI=1S/C20H20FN3O3S/c1-13-11-16(21)9-10-19(13)28(26,27)23-22-20(25)18-12-14(2)24(15(18)3)17-7-5-4-6-8-17/h4-12,23H,1-3H3,(H,22,25). The van der Waals surface area contributed by atoms with Gasteiger partial charge in [-0.1, -0.05) is 18.2 Å². The first kappa shape index (κ1) is 19.8. The van der Waals surface area contributed by atoms with Gasteiger partial charge in [-0.3, -0.25) is 10.2 Å². The molecule has 28 heavy (non-hydrogen) atoms. The first-order valence-electron chi connectivity index (χ1n) is 8.53. The third-order valence-corrected chi connectivity index (χ3v) is 5.82. The van der Waals surface area contributed by atoms with E-state index in [-0.39, 0.29) is 10.5 Å². The van der Waals surface area contributed by atoms with Crippen LogP contribution in [0.25, 0.3) is 5.69 Å². The lowest BCUT2D eigenvalue weighted by molar-refractivity contribution is 0.0944. The van der Waals surface area contributed by atoms with Crippen LogP contribution in [0.2, 0.25) is 0 Å². The lowest BCUT2D eigenvalue weighted by Crippen LogP contribution is -2.41. The number of carbonyl (C=O) groups is 1. The maximum absolute atomic E-state index is 13.2. The molecule has 3 rings (SSSR count). The Balaban J connectivity index is 1.82. The van der Waals surface area contributed by atoms with Gasteiger partial charge in [0.1, 0.15) is 5.82 Å². The summed E-state index contributed by atoms with van der Waals surface area (Å²) in [5.41, 5.74) is 5.24. The minimum Gasteiger partial charge on any atom is -0.318 e. The molecule has 0 atom stereocenters. The number of benzene rings is 2. The predicted molar refractivity (Wildman–Crippen MR) is 104 cm³/mol. The molecule has 2 aromatic carbocycles. The van der Waals surface area contributed by atoms with Crippen LogP contribution in [0, 0.1) is 26.6 Å². The molecule has 0 unspecified atom stereocenters. The zero-order valence-corrected chi connectivity index (χ0v) is 16.5. The Morgan fingerprint density at radius 2 is 1.68 bits per heavy atom. The molecule has 3 aromatic rings. The van der Waals surface area contributed by atoms with Gasteiger partial charge < -0.3 is 4.57 Å². The highest BCUT2D eigenvalue weighted by Gasteiger charge is 2.21. The second kappa shape index (κ2) is 7.57. The van der Waals surface area contributed by atoms with Crippen molar-refractivity contribution in [2.75, 3.05) is 0 Å². The van der Waals surface area contributed by atoms with E-state index in [1.54, 1.807) is 13.0 Å². The van der Waals surface area contributed by atoms with E-state index in [4.69, 9.17) is 0 Å². The number of carbonyl (C=O) groups excluding carboxylic acids is 1. The Hall–Kier alpha value is -2.97. The first-order valence-corrected chi connectivity index (χ1v) is 10.0. The van der Waals surface area contributed by atoms with Crippen molar-refractivity contribution in [3.05, 3.63) is 82.9 Å². The summed E-state index contributed by atoms with van der Waals surface area (Å²) >= 11 is 0. The van der Waals surface area contributed by atoms with Gasteiger partial charge in [0.15, 0.2) is 0 Å². The summed E-state index contributed by atoms with van der Waals surface area (Å²) in [5, 5.41) is 0. The van der Waals surface area contributed by atoms with Crippen LogP contribution in [0.15, 0.2) is 59.5 Å². The molecular weight excluding hydrogens is 381 g/mol. The Morgan fingerprint density at radius 1 is 1.00 bits per heavy atom. The average Bonchev–Trinajstić information content (AvgIpc) is 2.94. The third kappa shape index (κ3) is 3.83. The fourth-order valence-electron chi connectivity index (χ4n) is 3.12. The summed E-state index contributed by atoms with van der Waals surface area (Å²) < 4.78 is 40.0. The molecule has 2 N–H and O–H groups in total. The van der Waals surface area contributed by atoms with Gasteiger partial charge in [-0.05, 0) is 62.7 Å². The van der Waals surface area contributed by atoms with Crippen molar-refractivity contribution in [2.24, 2.45) is 0 Å². The molecule has 0 aliphatic carbocycles. The molecule has 1 amide bonds. The summed E-state index contributed by atoms with van der Waals surface area (Å²) in [5.74, 6) is -1.12. The summed E-state index contributed by atoms with van der Waals surface area (Å²) in [6.07, 6.45) is 0. The highest BCUT2D eigenvalue weighted by atomic mass is 32.2. The molecule has 0 radical (unpaired) electrons. The minimum absolute atomic E-state index is 0.107. The monoisotopic (exact) mass is 401 g/mol. The van der Waals surface area contributed by atoms with Crippen LogP contribution in [0.1, 0.15) is 27.3 Å². The second-order valence-corrected chi connectivity index (χ2v) is 8.08.